The molecule has 70 valence electrons. The second kappa shape index (κ2) is 4.14. The number of benzene rings is 1. The number of anilines is 1. The number of nitrogen functional groups attached to an aromatic ring is 1. The molecule has 0 spiro atoms. The van der Waals surface area contributed by atoms with Crippen LogP contribution in [0.25, 0.3) is 0 Å². The summed E-state index contributed by atoms with van der Waals surface area (Å²) in [5.74, 6) is -0.335. The molecule has 0 saturated carbocycles. The summed E-state index contributed by atoms with van der Waals surface area (Å²) in [6.45, 7) is 0. The van der Waals surface area contributed by atoms with Crippen molar-refractivity contribution >= 4 is 23.2 Å². The van der Waals surface area contributed by atoms with E-state index >= 15 is 0 Å². The molecule has 13 heavy (non-hydrogen) atoms. The second-order valence-electron chi connectivity index (χ2n) is 2.82. The number of aryl methyl sites for hydroxylation is 1. The van der Waals surface area contributed by atoms with Crippen molar-refractivity contribution in [2.75, 3.05) is 5.73 Å². The van der Waals surface area contributed by atoms with Crippen molar-refractivity contribution in [3.8, 4) is 0 Å². The lowest BCUT2D eigenvalue weighted by atomic mass is 10.1. The molecule has 4 N–H and O–H groups in total. The molecule has 4 heteroatoms. The van der Waals surface area contributed by atoms with E-state index in [1.165, 1.54) is 0 Å². The molecule has 1 aromatic carbocycles. The minimum Gasteiger partial charge on any atom is -0.399 e. The first kappa shape index (κ1) is 9.86. The van der Waals surface area contributed by atoms with Gasteiger partial charge in [0.2, 0.25) is 5.91 Å². The molecule has 0 atom stereocenters. The highest BCUT2D eigenvalue weighted by Gasteiger charge is 2.02. The van der Waals surface area contributed by atoms with Crippen molar-refractivity contribution in [2.24, 2.45) is 5.73 Å². The van der Waals surface area contributed by atoms with Crippen molar-refractivity contribution in [3.63, 3.8) is 0 Å². The Kier molecular flexibility index (Phi) is 3.14. The number of primary amides is 1. The largest absolute Gasteiger partial charge is 0.399 e. The summed E-state index contributed by atoms with van der Waals surface area (Å²) in [5, 5.41) is 0.621. The highest BCUT2D eigenvalue weighted by Crippen LogP contribution is 2.19. The SMILES string of the molecule is NC(=O)CCc1cc(N)ccc1Cl. The first-order chi connectivity index (χ1) is 6.09. The van der Waals surface area contributed by atoms with Gasteiger partial charge >= 0.3 is 0 Å². The van der Waals surface area contributed by atoms with Crippen molar-refractivity contribution in [3.05, 3.63) is 28.8 Å². The molecule has 1 rings (SSSR count). The molecule has 0 unspecified atom stereocenters. The molecule has 0 aliphatic rings. The van der Waals surface area contributed by atoms with Crippen LogP contribution in [0.2, 0.25) is 5.02 Å². The summed E-state index contributed by atoms with van der Waals surface area (Å²) >= 11 is 5.87. The Balaban J connectivity index is 2.75. The third kappa shape index (κ3) is 2.95. The van der Waals surface area contributed by atoms with Gasteiger partial charge in [-0.1, -0.05) is 11.6 Å². The Morgan fingerprint density at radius 1 is 1.46 bits per heavy atom. The summed E-state index contributed by atoms with van der Waals surface area (Å²) in [6.07, 6.45) is 0.836. The smallest absolute Gasteiger partial charge is 0.217 e. The van der Waals surface area contributed by atoms with Crippen LogP contribution in [0.1, 0.15) is 12.0 Å². The van der Waals surface area contributed by atoms with Crippen LogP contribution in [0, 0.1) is 0 Å². The third-order valence-corrected chi connectivity index (χ3v) is 2.08. The monoisotopic (exact) mass is 198 g/mol. The fraction of sp³-hybridized carbons (Fsp3) is 0.222. The van der Waals surface area contributed by atoms with Gasteiger partial charge in [-0.25, -0.2) is 0 Å². The first-order valence-electron chi connectivity index (χ1n) is 3.92. The third-order valence-electron chi connectivity index (χ3n) is 1.71. The molecular formula is C9H11ClN2O. The molecule has 0 aliphatic heterocycles. The van der Waals surface area contributed by atoms with Gasteiger partial charge in [0.05, 0.1) is 0 Å². The van der Waals surface area contributed by atoms with E-state index in [1.54, 1.807) is 18.2 Å². The molecule has 1 aromatic rings. The van der Waals surface area contributed by atoms with Gasteiger partial charge in [0, 0.05) is 17.1 Å². The van der Waals surface area contributed by atoms with E-state index in [0.717, 1.165) is 5.56 Å². The number of hydrogen-bond acceptors (Lipinski definition) is 2. The van der Waals surface area contributed by atoms with E-state index in [0.29, 0.717) is 23.6 Å². The van der Waals surface area contributed by atoms with Gasteiger partial charge in [-0.05, 0) is 30.2 Å². The normalized spacial score (nSPS) is 9.92. The Morgan fingerprint density at radius 3 is 2.77 bits per heavy atom. The number of carbonyl (C=O) groups is 1. The summed E-state index contributed by atoms with van der Waals surface area (Å²) in [5.41, 5.74) is 12.1. The van der Waals surface area contributed by atoms with Crippen LogP contribution in [0.15, 0.2) is 18.2 Å². The van der Waals surface area contributed by atoms with Gasteiger partial charge in [-0.2, -0.15) is 0 Å². The lowest BCUT2D eigenvalue weighted by Crippen LogP contribution is -2.11. The zero-order valence-corrected chi connectivity index (χ0v) is 7.84. The van der Waals surface area contributed by atoms with E-state index in [9.17, 15) is 4.79 Å². The molecular weight excluding hydrogens is 188 g/mol. The number of halogens is 1. The van der Waals surface area contributed by atoms with Crippen LogP contribution in [-0.4, -0.2) is 5.91 Å². The minimum absolute atomic E-state index is 0.295. The zero-order chi connectivity index (χ0) is 9.84. The van der Waals surface area contributed by atoms with Crippen molar-refractivity contribution in [2.45, 2.75) is 12.8 Å². The maximum Gasteiger partial charge on any atom is 0.217 e. The maximum atomic E-state index is 10.5. The number of rotatable bonds is 3. The van der Waals surface area contributed by atoms with Gasteiger partial charge in [0.15, 0.2) is 0 Å². The summed E-state index contributed by atoms with van der Waals surface area (Å²) in [7, 11) is 0. The summed E-state index contributed by atoms with van der Waals surface area (Å²) in [4.78, 5) is 10.5. The Morgan fingerprint density at radius 2 is 2.15 bits per heavy atom. The van der Waals surface area contributed by atoms with E-state index in [-0.39, 0.29) is 5.91 Å². The second-order valence-corrected chi connectivity index (χ2v) is 3.22. The fourth-order valence-corrected chi connectivity index (χ4v) is 1.26. The Hall–Kier alpha value is -1.22. The van der Waals surface area contributed by atoms with E-state index in [1.807, 2.05) is 0 Å². The lowest BCUT2D eigenvalue weighted by Gasteiger charge is -2.03. The molecule has 0 bridgehead atoms. The van der Waals surface area contributed by atoms with Gasteiger partial charge in [0.1, 0.15) is 0 Å². The molecule has 0 fully saturated rings. The average Bonchev–Trinajstić information content (AvgIpc) is 2.06. The van der Waals surface area contributed by atoms with Crippen molar-refractivity contribution < 1.29 is 4.79 Å². The quantitative estimate of drug-likeness (QED) is 0.720. The number of carbonyl (C=O) groups excluding carboxylic acids is 1. The lowest BCUT2D eigenvalue weighted by molar-refractivity contribution is -0.117. The highest BCUT2D eigenvalue weighted by molar-refractivity contribution is 6.31. The first-order valence-corrected chi connectivity index (χ1v) is 4.29. The van der Waals surface area contributed by atoms with Gasteiger partial charge in [0.25, 0.3) is 0 Å². The van der Waals surface area contributed by atoms with E-state index in [2.05, 4.69) is 0 Å². The minimum atomic E-state index is -0.335. The molecule has 0 heterocycles. The summed E-state index contributed by atoms with van der Waals surface area (Å²) < 4.78 is 0. The predicted octanol–water partition coefficient (Wildman–Crippen LogP) is 1.34. The average molecular weight is 199 g/mol. The van der Waals surface area contributed by atoms with Gasteiger partial charge in [-0.15, -0.1) is 0 Å². The number of nitrogens with two attached hydrogens (primary N) is 2. The zero-order valence-electron chi connectivity index (χ0n) is 7.09. The predicted molar refractivity (Wildman–Crippen MR) is 53.4 cm³/mol. The topological polar surface area (TPSA) is 69.1 Å². The Bertz CT molecular complexity index is 325. The molecule has 3 nitrogen and oxygen atoms in total. The Labute approximate surface area is 81.7 Å². The molecule has 0 saturated heterocycles. The van der Waals surface area contributed by atoms with E-state index in [4.69, 9.17) is 23.1 Å². The van der Waals surface area contributed by atoms with Gasteiger partial charge in [-0.3, -0.25) is 4.79 Å². The summed E-state index contributed by atoms with van der Waals surface area (Å²) in [6, 6.07) is 5.19. The molecule has 1 amide bonds. The van der Waals surface area contributed by atoms with Crippen LogP contribution in [0.4, 0.5) is 5.69 Å². The molecule has 0 aliphatic carbocycles. The van der Waals surface area contributed by atoms with Crippen LogP contribution in [0.3, 0.4) is 0 Å². The maximum absolute atomic E-state index is 10.5. The number of amides is 1. The van der Waals surface area contributed by atoms with Gasteiger partial charge < -0.3 is 11.5 Å². The number of hydrogen-bond donors (Lipinski definition) is 2. The fourth-order valence-electron chi connectivity index (χ4n) is 1.04. The van der Waals surface area contributed by atoms with Crippen LogP contribution < -0.4 is 11.5 Å². The van der Waals surface area contributed by atoms with Crippen molar-refractivity contribution in [1.82, 2.24) is 0 Å². The van der Waals surface area contributed by atoms with Crippen molar-refractivity contribution in [1.29, 1.82) is 0 Å². The van der Waals surface area contributed by atoms with Crippen LogP contribution in [0.5, 0.6) is 0 Å². The highest BCUT2D eigenvalue weighted by atomic mass is 35.5. The molecule has 0 radical (unpaired) electrons. The van der Waals surface area contributed by atoms with E-state index < -0.39 is 0 Å². The van der Waals surface area contributed by atoms with Crippen LogP contribution in [-0.2, 0) is 11.2 Å². The molecule has 0 aromatic heterocycles. The van der Waals surface area contributed by atoms with Crippen LogP contribution >= 0.6 is 11.6 Å². The standard InChI is InChI=1S/C9H11ClN2O/c10-8-3-2-7(11)5-6(8)1-4-9(12)13/h2-3,5H,1,4,11H2,(H2,12,13).